The van der Waals surface area contributed by atoms with Crippen molar-refractivity contribution < 1.29 is 14.6 Å². The van der Waals surface area contributed by atoms with Crippen LogP contribution in [0.25, 0.3) is 0 Å². The van der Waals surface area contributed by atoms with E-state index in [1.165, 1.54) is 0 Å². The molecule has 0 aliphatic rings. The van der Waals surface area contributed by atoms with Gasteiger partial charge in [-0.25, -0.2) is 0 Å². The molecule has 108 valence electrons. The molecule has 5 heteroatoms. The molecule has 2 unspecified atom stereocenters. The Morgan fingerprint density at radius 1 is 1.50 bits per heavy atom. The third kappa shape index (κ3) is 9.39. The number of nitrogens with one attached hydrogen (secondary N) is 1. The lowest BCUT2D eigenvalue weighted by molar-refractivity contribution is -0.122. The van der Waals surface area contributed by atoms with Crippen molar-refractivity contribution in [1.82, 2.24) is 5.32 Å². The molecular weight excluding hydrogens is 232 g/mol. The molecule has 0 aromatic carbocycles. The molecule has 0 heterocycles. The first kappa shape index (κ1) is 17.4. The highest BCUT2D eigenvalue weighted by Crippen LogP contribution is 2.10. The number of methoxy groups -OCH3 is 1. The summed E-state index contributed by atoms with van der Waals surface area (Å²) in [6.45, 7) is 5.20. The lowest BCUT2D eigenvalue weighted by Gasteiger charge is -2.23. The summed E-state index contributed by atoms with van der Waals surface area (Å²) in [5.74, 6) is 0.450. The second kappa shape index (κ2) is 9.30. The Labute approximate surface area is 110 Å². The second-order valence-corrected chi connectivity index (χ2v) is 5.24. The van der Waals surface area contributed by atoms with E-state index in [1.54, 1.807) is 14.0 Å². The molecule has 0 rings (SSSR count). The molecule has 0 bridgehead atoms. The van der Waals surface area contributed by atoms with E-state index < -0.39 is 5.60 Å². The van der Waals surface area contributed by atoms with Gasteiger partial charge in [0.25, 0.3) is 0 Å². The first-order chi connectivity index (χ1) is 8.41. The van der Waals surface area contributed by atoms with Crippen molar-refractivity contribution in [3.63, 3.8) is 0 Å². The lowest BCUT2D eigenvalue weighted by Crippen LogP contribution is -2.41. The van der Waals surface area contributed by atoms with Crippen molar-refractivity contribution in [2.45, 2.75) is 45.1 Å². The number of carbonyl (C=O) groups excluding carboxylic acids is 1. The summed E-state index contributed by atoms with van der Waals surface area (Å²) in [4.78, 5) is 11.6. The fraction of sp³-hybridized carbons (Fsp3) is 0.923. The van der Waals surface area contributed by atoms with Gasteiger partial charge in [0.05, 0.1) is 5.60 Å². The molecule has 4 N–H and O–H groups in total. The van der Waals surface area contributed by atoms with Gasteiger partial charge < -0.3 is 20.9 Å². The fourth-order valence-corrected chi connectivity index (χ4v) is 1.59. The van der Waals surface area contributed by atoms with Crippen LogP contribution in [0, 0.1) is 5.92 Å². The maximum absolute atomic E-state index is 11.6. The number of rotatable bonds is 10. The zero-order chi connectivity index (χ0) is 14.0. The van der Waals surface area contributed by atoms with E-state index in [4.69, 9.17) is 10.5 Å². The SMILES string of the molecule is COCCC(C)(O)CNC(=O)CCC(C)CCN. The van der Waals surface area contributed by atoms with Crippen molar-refractivity contribution in [2.24, 2.45) is 11.7 Å². The smallest absolute Gasteiger partial charge is 0.220 e. The van der Waals surface area contributed by atoms with Crippen LogP contribution in [0.4, 0.5) is 0 Å². The van der Waals surface area contributed by atoms with Crippen molar-refractivity contribution >= 4 is 5.91 Å². The van der Waals surface area contributed by atoms with Crippen molar-refractivity contribution in [3.05, 3.63) is 0 Å². The third-order valence-electron chi connectivity index (χ3n) is 3.03. The van der Waals surface area contributed by atoms with E-state index in [9.17, 15) is 9.90 Å². The quantitative estimate of drug-likeness (QED) is 0.538. The molecule has 0 spiro atoms. The van der Waals surface area contributed by atoms with E-state index >= 15 is 0 Å². The van der Waals surface area contributed by atoms with Crippen LogP contribution >= 0.6 is 0 Å². The highest BCUT2D eigenvalue weighted by atomic mass is 16.5. The van der Waals surface area contributed by atoms with Crippen LogP contribution in [0.15, 0.2) is 0 Å². The number of aliphatic hydroxyl groups is 1. The summed E-state index contributed by atoms with van der Waals surface area (Å²) in [5.41, 5.74) is 4.54. The molecule has 0 aliphatic carbocycles. The van der Waals surface area contributed by atoms with Gasteiger partial charge in [0.15, 0.2) is 0 Å². The molecule has 0 aromatic heterocycles. The molecule has 0 saturated carbocycles. The number of hydrogen-bond donors (Lipinski definition) is 3. The summed E-state index contributed by atoms with van der Waals surface area (Å²) in [5, 5.41) is 12.7. The van der Waals surface area contributed by atoms with Gasteiger partial charge in [0, 0.05) is 33.1 Å². The highest BCUT2D eigenvalue weighted by Gasteiger charge is 2.20. The average Bonchev–Trinajstić information content (AvgIpc) is 2.32. The molecule has 0 aliphatic heterocycles. The summed E-state index contributed by atoms with van der Waals surface area (Å²) < 4.78 is 4.91. The van der Waals surface area contributed by atoms with Gasteiger partial charge in [-0.2, -0.15) is 0 Å². The van der Waals surface area contributed by atoms with Gasteiger partial charge in [0.2, 0.25) is 5.91 Å². The minimum absolute atomic E-state index is 0.0171. The van der Waals surface area contributed by atoms with Crippen LogP contribution in [0.2, 0.25) is 0 Å². The highest BCUT2D eigenvalue weighted by molar-refractivity contribution is 5.75. The van der Waals surface area contributed by atoms with Crippen LogP contribution < -0.4 is 11.1 Å². The van der Waals surface area contributed by atoms with Gasteiger partial charge in [-0.15, -0.1) is 0 Å². The minimum atomic E-state index is -0.908. The Morgan fingerprint density at radius 2 is 2.17 bits per heavy atom. The molecule has 1 amide bonds. The van der Waals surface area contributed by atoms with Crippen LogP contribution in [0.1, 0.15) is 39.5 Å². The summed E-state index contributed by atoms with van der Waals surface area (Å²) in [6.07, 6.45) is 2.77. The van der Waals surface area contributed by atoms with Gasteiger partial charge in [-0.3, -0.25) is 4.79 Å². The Hall–Kier alpha value is -0.650. The predicted octanol–water partition coefficient (Wildman–Crippen LogP) is 0.655. The summed E-state index contributed by atoms with van der Waals surface area (Å²) in [7, 11) is 1.59. The first-order valence-electron chi connectivity index (χ1n) is 6.59. The topological polar surface area (TPSA) is 84.6 Å². The minimum Gasteiger partial charge on any atom is -0.388 e. The lowest BCUT2D eigenvalue weighted by atomic mass is 10.0. The van der Waals surface area contributed by atoms with E-state index in [-0.39, 0.29) is 12.5 Å². The number of ether oxygens (including phenoxy) is 1. The van der Waals surface area contributed by atoms with E-state index in [2.05, 4.69) is 12.2 Å². The largest absolute Gasteiger partial charge is 0.388 e. The van der Waals surface area contributed by atoms with Crippen molar-refractivity contribution in [2.75, 3.05) is 26.8 Å². The first-order valence-corrected chi connectivity index (χ1v) is 6.59. The van der Waals surface area contributed by atoms with Crippen molar-refractivity contribution in [1.29, 1.82) is 0 Å². The van der Waals surface area contributed by atoms with E-state index in [0.717, 1.165) is 12.8 Å². The number of nitrogens with two attached hydrogens (primary N) is 1. The molecule has 0 radical (unpaired) electrons. The normalized spacial score (nSPS) is 16.1. The van der Waals surface area contributed by atoms with Gasteiger partial charge in [-0.05, 0) is 32.2 Å². The number of carbonyl (C=O) groups is 1. The molecule has 0 saturated heterocycles. The Balaban J connectivity index is 3.75. The predicted molar refractivity (Wildman–Crippen MR) is 72.2 cm³/mol. The summed E-state index contributed by atoms with van der Waals surface area (Å²) in [6, 6.07) is 0. The van der Waals surface area contributed by atoms with Gasteiger partial charge in [-0.1, -0.05) is 6.92 Å². The fourth-order valence-electron chi connectivity index (χ4n) is 1.59. The molecule has 2 atom stereocenters. The van der Waals surface area contributed by atoms with Crippen LogP contribution in [0.3, 0.4) is 0 Å². The Kier molecular flexibility index (Phi) is 8.97. The maximum Gasteiger partial charge on any atom is 0.220 e. The second-order valence-electron chi connectivity index (χ2n) is 5.24. The maximum atomic E-state index is 11.6. The van der Waals surface area contributed by atoms with Crippen LogP contribution in [0.5, 0.6) is 0 Å². The molecular formula is C13H28N2O3. The molecule has 18 heavy (non-hydrogen) atoms. The zero-order valence-electron chi connectivity index (χ0n) is 11.9. The Bertz CT molecular complexity index is 232. The van der Waals surface area contributed by atoms with Crippen LogP contribution in [-0.2, 0) is 9.53 Å². The standard InChI is InChI=1S/C13H28N2O3/c1-11(6-8-14)4-5-12(16)15-10-13(2,17)7-9-18-3/h11,17H,4-10,14H2,1-3H3,(H,15,16). The summed E-state index contributed by atoms with van der Waals surface area (Å²) >= 11 is 0. The van der Waals surface area contributed by atoms with Gasteiger partial charge >= 0.3 is 0 Å². The van der Waals surface area contributed by atoms with E-state index in [0.29, 0.717) is 31.9 Å². The van der Waals surface area contributed by atoms with Crippen LogP contribution in [-0.4, -0.2) is 43.4 Å². The average molecular weight is 260 g/mol. The molecule has 0 fully saturated rings. The van der Waals surface area contributed by atoms with Gasteiger partial charge in [0.1, 0.15) is 0 Å². The van der Waals surface area contributed by atoms with Crippen molar-refractivity contribution in [3.8, 4) is 0 Å². The number of amides is 1. The van der Waals surface area contributed by atoms with E-state index in [1.807, 2.05) is 0 Å². The molecule has 0 aromatic rings. The Morgan fingerprint density at radius 3 is 2.72 bits per heavy atom. The number of hydrogen-bond acceptors (Lipinski definition) is 4. The third-order valence-corrected chi connectivity index (χ3v) is 3.03. The monoisotopic (exact) mass is 260 g/mol. The zero-order valence-corrected chi connectivity index (χ0v) is 11.9. The molecule has 5 nitrogen and oxygen atoms in total.